The van der Waals surface area contributed by atoms with Crippen molar-refractivity contribution in [1.82, 2.24) is 12.3 Å². The Labute approximate surface area is 60.8 Å². The fourth-order valence-electron chi connectivity index (χ4n) is 0.0337. The average molecular weight is 234 g/mol. The van der Waals surface area contributed by atoms with Crippen molar-refractivity contribution in [2.45, 2.75) is 0 Å². The first-order chi connectivity index (χ1) is 2.41. The van der Waals surface area contributed by atoms with E-state index in [1.54, 1.807) is 0 Å². The van der Waals surface area contributed by atoms with E-state index < -0.39 is 0 Å². The zero-order valence-electron chi connectivity index (χ0n) is 4.03. The molecule has 0 bridgehead atoms. The zero-order chi connectivity index (χ0) is 4.12. The summed E-state index contributed by atoms with van der Waals surface area (Å²) in [6.07, 6.45) is 1.96. The number of rotatable bonds is 1. The minimum atomic E-state index is 0. The maximum atomic E-state index is 3.19. The molecule has 0 aromatic rings. The van der Waals surface area contributed by atoms with E-state index in [0.29, 0.717) is 0 Å². The lowest BCUT2D eigenvalue weighted by atomic mass is 10.8. The molecule has 0 atom stereocenters. The van der Waals surface area contributed by atoms with Crippen LogP contribution in [0.3, 0.4) is 0 Å². The average Bonchev–Trinajstić information content (AvgIpc) is 1.41. The Bertz CT molecular complexity index is 37.9. The second kappa shape index (κ2) is 16.0. The van der Waals surface area contributed by atoms with E-state index in [1.165, 1.54) is 0 Å². The minimum Gasteiger partial charge on any atom is -0.344 e. The quantitative estimate of drug-likeness (QED) is 0.684. The molecule has 0 spiro atoms. The first kappa shape index (κ1) is 15.6. The van der Waals surface area contributed by atoms with E-state index in [1.807, 2.05) is 11.1 Å². The normalized spacial score (nSPS) is 7.14. The molecule has 0 radical (unpaired) electrons. The minimum absolute atomic E-state index is 0. The van der Waals surface area contributed by atoms with Crippen molar-refractivity contribution in [3.63, 3.8) is 0 Å². The van der Waals surface area contributed by atoms with Crippen molar-refractivity contribution < 1.29 is 0 Å². The lowest BCUT2D eigenvalue weighted by molar-refractivity contribution is 1.86. The van der Waals surface area contributed by atoms with Gasteiger partial charge in [-0.2, -0.15) is 0 Å². The first-order valence-corrected chi connectivity index (χ1v) is 3.26. The summed E-state index contributed by atoms with van der Waals surface area (Å²) in [6, 6.07) is 0. The van der Waals surface area contributed by atoms with Crippen LogP contribution in [0.1, 0.15) is 0 Å². The van der Waals surface area contributed by atoms with Crippen LogP contribution in [0.25, 0.3) is 0 Å². The van der Waals surface area contributed by atoms with Crippen LogP contribution < -0.4 is 12.3 Å². The van der Waals surface area contributed by atoms with Gasteiger partial charge < -0.3 is 12.3 Å². The molecule has 46 valence electrons. The summed E-state index contributed by atoms with van der Waals surface area (Å²) in [5.74, 6) is 0. The van der Waals surface area contributed by atoms with Crippen LogP contribution in [0.2, 0.25) is 0 Å². The van der Waals surface area contributed by atoms with E-state index in [0.717, 1.165) is 5.33 Å². The van der Waals surface area contributed by atoms with Gasteiger partial charge in [0.2, 0.25) is 0 Å². The number of alkyl halides is 1. The Morgan fingerprint density at radius 1 is 1.29 bits per heavy atom. The van der Waals surface area contributed by atoms with Crippen molar-refractivity contribution in [2.24, 2.45) is 0 Å². The Morgan fingerprint density at radius 3 is 1.71 bits per heavy atom. The Kier molecular flexibility index (Phi) is 35.7. The fraction of sp³-hybridized carbons (Fsp3) is 0.333. The Morgan fingerprint density at radius 2 is 1.71 bits per heavy atom. The molecule has 2 nitrogen and oxygen atoms in total. The van der Waals surface area contributed by atoms with Gasteiger partial charge in [0.25, 0.3) is 0 Å². The second-order valence-corrected chi connectivity index (χ2v) is 1.69. The molecular weight excluding hydrogens is 224 g/mol. The predicted octanol–water partition coefficient (Wildman–Crippen LogP) is 2.61. The third-order valence-corrected chi connectivity index (χ3v) is 0.926. The van der Waals surface area contributed by atoms with Crippen LogP contribution in [0.15, 0.2) is 11.1 Å². The summed E-state index contributed by atoms with van der Waals surface area (Å²) in [5, 5.41) is 0.929. The van der Waals surface area contributed by atoms with E-state index in [-0.39, 0.29) is 12.3 Å². The van der Waals surface area contributed by atoms with Crippen LogP contribution in [0.4, 0.5) is 0 Å². The van der Waals surface area contributed by atoms with Crippen molar-refractivity contribution in [3.8, 4) is 0 Å². The molecule has 7 heavy (non-hydrogen) atoms. The fourth-order valence-corrected chi connectivity index (χ4v) is 0.909. The molecule has 0 aliphatic rings. The van der Waals surface area contributed by atoms with Crippen molar-refractivity contribution >= 4 is 31.9 Å². The third-order valence-electron chi connectivity index (χ3n) is 0.178. The van der Waals surface area contributed by atoms with Crippen LogP contribution in [-0.2, 0) is 0 Å². The topological polar surface area (TPSA) is 70.0 Å². The van der Waals surface area contributed by atoms with Gasteiger partial charge in [0.05, 0.1) is 0 Å². The van der Waals surface area contributed by atoms with E-state index in [9.17, 15) is 0 Å². The lowest BCUT2D eigenvalue weighted by Crippen LogP contribution is -1.47. The van der Waals surface area contributed by atoms with E-state index in [2.05, 4.69) is 31.9 Å². The van der Waals surface area contributed by atoms with Gasteiger partial charge in [-0.15, -0.1) is 0 Å². The van der Waals surface area contributed by atoms with Crippen LogP contribution in [0.5, 0.6) is 0 Å². The monoisotopic (exact) mass is 232 g/mol. The second-order valence-electron chi connectivity index (χ2n) is 0.516. The Balaban J connectivity index is -0.0000000800. The molecule has 0 aromatic carbocycles. The summed E-state index contributed by atoms with van der Waals surface area (Å²) in [5.41, 5.74) is 0. The van der Waals surface area contributed by atoms with E-state index >= 15 is 0 Å². The molecule has 0 saturated heterocycles. The van der Waals surface area contributed by atoms with E-state index in [4.69, 9.17) is 0 Å². The molecule has 0 amide bonds. The number of halogens is 2. The highest BCUT2D eigenvalue weighted by atomic mass is 79.9. The lowest BCUT2D eigenvalue weighted by Gasteiger charge is -1.61. The highest BCUT2D eigenvalue weighted by Gasteiger charge is 1.55. The smallest absolute Gasteiger partial charge is 0.0220 e. The third kappa shape index (κ3) is 20.6. The van der Waals surface area contributed by atoms with Crippen LogP contribution in [0, 0.1) is 0 Å². The summed E-state index contributed by atoms with van der Waals surface area (Å²) in [6.45, 7) is 0. The Hall–Kier alpha value is 0.620. The number of hydrogen-bond acceptors (Lipinski definition) is 2. The maximum absolute atomic E-state index is 3.19. The van der Waals surface area contributed by atoms with Crippen molar-refractivity contribution in [1.29, 1.82) is 0 Å². The summed E-state index contributed by atoms with van der Waals surface area (Å²) in [4.78, 5) is 1.82. The molecule has 0 unspecified atom stereocenters. The van der Waals surface area contributed by atoms with Crippen LogP contribution >= 0.6 is 31.9 Å². The van der Waals surface area contributed by atoms with Gasteiger partial charge in [0.15, 0.2) is 0 Å². The highest BCUT2D eigenvalue weighted by molar-refractivity contribution is 9.11. The molecule has 0 saturated carbocycles. The molecule has 0 heterocycles. The molecule has 0 rings (SSSR count). The number of allylic oxidation sites excluding steroid dienone is 1. The SMILES string of the molecule is BrC=CCBr.N.N. The molecule has 0 fully saturated rings. The molecule has 4 heteroatoms. The predicted molar refractivity (Wildman–Crippen MR) is 41.9 cm³/mol. The molecule has 0 aliphatic heterocycles. The number of hydrogen-bond donors (Lipinski definition) is 2. The van der Waals surface area contributed by atoms with Gasteiger partial charge in [-0.3, -0.25) is 0 Å². The highest BCUT2D eigenvalue weighted by Crippen LogP contribution is 1.85. The van der Waals surface area contributed by atoms with Gasteiger partial charge >= 0.3 is 0 Å². The molecule has 6 N–H and O–H groups in total. The largest absolute Gasteiger partial charge is 0.344 e. The first-order valence-electron chi connectivity index (χ1n) is 1.23. The summed E-state index contributed by atoms with van der Waals surface area (Å²) < 4.78 is 0. The van der Waals surface area contributed by atoms with Crippen molar-refractivity contribution in [2.75, 3.05) is 5.33 Å². The van der Waals surface area contributed by atoms with Gasteiger partial charge in [-0.25, -0.2) is 0 Å². The van der Waals surface area contributed by atoms with Crippen LogP contribution in [-0.4, -0.2) is 5.33 Å². The molecule has 0 aromatic heterocycles. The maximum Gasteiger partial charge on any atom is 0.0220 e. The standard InChI is InChI=1S/C3H4Br2.2H3N/c4-2-1-3-5;;/h1-2H,3H2;2*1H3. The van der Waals surface area contributed by atoms with Gasteiger partial charge in [0, 0.05) is 5.33 Å². The summed E-state index contributed by atoms with van der Waals surface area (Å²) in [7, 11) is 0. The molecule has 0 aliphatic carbocycles. The van der Waals surface area contributed by atoms with Gasteiger partial charge in [0.1, 0.15) is 0 Å². The van der Waals surface area contributed by atoms with Crippen molar-refractivity contribution in [3.05, 3.63) is 11.1 Å². The summed E-state index contributed by atoms with van der Waals surface area (Å²) >= 11 is 6.29. The zero-order valence-corrected chi connectivity index (χ0v) is 7.20. The van der Waals surface area contributed by atoms with Gasteiger partial charge in [-0.1, -0.05) is 37.9 Å². The molecular formula is C3H10Br2N2. The van der Waals surface area contributed by atoms with Gasteiger partial charge in [-0.05, 0) is 4.99 Å².